The third kappa shape index (κ3) is 3.19. The molecule has 0 aromatic heterocycles. The minimum absolute atomic E-state index is 0.757. The standard InChI is InChI=1S/C13H26N2O/c1-16-10-4-9-15-12-6-2-5-11(12)13-7-3-8-14-13/h11-15H,2-10H2,1H3. The van der Waals surface area contributed by atoms with Gasteiger partial charge in [0.15, 0.2) is 0 Å². The van der Waals surface area contributed by atoms with E-state index in [4.69, 9.17) is 4.74 Å². The first-order chi connectivity index (χ1) is 7.92. The topological polar surface area (TPSA) is 33.3 Å². The van der Waals surface area contributed by atoms with Gasteiger partial charge in [-0.15, -0.1) is 0 Å². The van der Waals surface area contributed by atoms with Crippen LogP contribution in [0.3, 0.4) is 0 Å². The second-order valence-corrected chi connectivity index (χ2v) is 5.20. The van der Waals surface area contributed by atoms with E-state index in [-0.39, 0.29) is 0 Å². The monoisotopic (exact) mass is 226 g/mol. The van der Waals surface area contributed by atoms with Crippen molar-refractivity contribution in [2.24, 2.45) is 5.92 Å². The molecule has 1 heterocycles. The Morgan fingerprint density at radius 1 is 1.25 bits per heavy atom. The van der Waals surface area contributed by atoms with Gasteiger partial charge in [-0.1, -0.05) is 6.42 Å². The highest BCUT2D eigenvalue weighted by Crippen LogP contribution is 2.31. The molecule has 0 spiro atoms. The number of rotatable bonds is 6. The highest BCUT2D eigenvalue weighted by atomic mass is 16.5. The first-order valence-corrected chi connectivity index (χ1v) is 6.87. The predicted molar refractivity (Wildman–Crippen MR) is 66.6 cm³/mol. The number of nitrogens with one attached hydrogen (secondary N) is 2. The fourth-order valence-electron chi connectivity index (χ4n) is 3.30. The molecule has 3 heteroatoms. The Hall–Kier alpha value is -0.120. The first-order valence-electron chi connectivity index (χ1n) is 6.87. The van der Waals surface area contributed by atoms with Crippen LogP contribution in [-0.2, 0) is 4.74 Å². The van der Waals surface area contributed by atoms with E-state index in [1.165, 1.54) is 38.6 Å². The number of methoxy groups -OCH3 is 1. The minimum Gasteiger partial charge on any atom is -0.385 e. The van der Waals surface area contributed by atoms with Gasteiger partial charge in [-0.2, -0.15) is 0 Å². The molecule has 16 heavy (non-hydrogen) atoms. The lowest BCUT2D eigenvalue weighted by atomic mass is 9.93. The Bertz CT molecular complexity index is 192. The second-order valence-electron chi connectivity index (χ2n) is 5.20. The van der Waals surface area contributed by atoms with Crippen LogP contribution in [0.25, 0.3) is 0 Å². The molecule has 0 aromatic carbocycles. The van der Waals surface area contributed by atoms with Gasteiger partial charge in [0.2, 0.25) is 0 Å². The van der Waals surface area contributed by atoms with E-state index in [9.17, 15) is 0 Å². The SMILES string of the molecule is COCCCNC1CCCC1C1CCCN1. The highest BCUT2D eigenvalue weighted by Gasteiger charge is 2.34. The van der Waals surface area contributed by atoms with Crippen molar-refractivity contribution < 1.29 is 4.74 Å². The van der Waals surface area contributed by atoms with Crippen LogP contribution >= 0.6 is 0 Å². The van der Waals surface area contributed by atoms with Crippen LogP contribution in [0.1, 0.15) is 38.5 Å². The number of hydrogen-bond acceptors (Lipinski definition) is 3. The Morgan fingerprint density at radius 2 is 2.19 bits per heavy atom. The van der Waals surface area contributed by atoms with Gasteiger partial charge in [0.1, 0.15) is 0 Å². The van der Waals surface area contributed by atoms with E-state index in [0.717, 1.165) is 37.6 Å². The minimum atomic E-state index is 0.757. The lowest BCUT2D eigenvalue weighted by Gasteiger charge is -2.26. The fourth-order valence-corrected chi connectivity index (χ4v) is 3.30. The lowest BCUT2D eigenvalue weighted by Crippen LogP contribution is -2.42. The largest absolute Gasteiger partial charge is 0.385 e. The summed E-state index contributed by atoms with van der Waals surface area (Å²) in [4.78, 5) is 0. The van der Waals surface area contributed by atoms with Crippen molar-refractivity contribution >= 4 is 0 Å². The zero-order chi connectivity index (χ0) is 11.2. The maximum absolute atomic E-state index is 5.08. The van der Waals surface area contributed by atoms with Crippen molar-refractivity contribution in [3.8, 4) is 0 Å². The second kappa shape index (κ2) is 6.58. The van der Waals surface area contributed by atoms with Gasteiger partial charge in [0.05, 0.1) is 0 Å². The molecule has 0 radical (unpaired) electrons. The van der Waals surface area contributed by atoms with E-state index >= 15 is 0 Å². The molecule has 0 amide bonds. The van der Waals surface area contributed by atoms with Gasteiger partial charge in [-0.25, -0.2) is 0 Å². The molecule has 1 saturated heterocycles. The zero-order valence-electron chi connectivity index (χ0n) is 10.5. The first kappa shape index (κ1) is 12.3. The average molecular weight is 226 g/mol. The Labute approximate surface area is 99.3 Å². The van der Waals surface area contributed by atoms with Gasteiger partial charge in [0, 0.05) is 25.8 Å². The average Bonchev–Trinajstić information content (AvgIpc) is 2.94. The summed E-state index contributed by atoms with van der Waals surface area (Å²) in [6, 6.07) is 1.55. The summed E-state index contributed by atoms with van der Waals surface area (Å²) in [7, 11) is 1.78. The van der Waals surface area contributed by atoms with E-state index < -0.39 is 0 Å². The van der Waals surface area contributed by atoms with Crippen molar-refractivity contribution in [2.75, 3.05) is 26.8 Å². The van der Waals surface area contributed by atoms with Crippen LogP contribution in [-0.4, -0.2) is 38.9 Å². The molecule has 3 unspecified atom stereocenters. The van der Waals surface area contributed by atoms with Crippen LogP contribution in [0.15, 0.2) is 0 Å². The molecule has 2 fully saturated rings. The predicted octanol–water partition coefficient (Wildman–Crippen LogP) is 1.53. The molecule has 2 N–H and O–H groups in total. The summed E-state index contributed by atoms with van der Waals surface area (Å²) < 4.78 is 5.08. The summed E-state index contributed by atoms with van der Waals surface area (Å²) in [6.07, 6.45) is 8.09. The van der Waals surface area contributed by atoms with Gasteiger partial charge in [-0.05, 0) is 51.1 Å². The van der Waals surface area contributed by atoms with Gasteiger partial charge < -0.3 is 15.4 Å². The molecule has 94 valence electrons. The quantitative estimate of drug-likeness (QED) is 0.674. The maximum Gasteiger partial charge on any atom is 0.0474 e. The molecule has 0 bridgehead atoms. The molecule has 3 nitrogen and oxygen atoms in total. The van der Waals surface area contributed by atoms with Crippen LogP contribution in [0.2, 0.25) is 0 Å². The van der Waals surface area contributed by atoms with E-state index in [2.05, 4.69) is 10.6 Å². The summed E-state index contributed by atoms with van der Waals surface area (Å²) in [5.74, 6) is 0.880. The summed E-state index contributed by atoms with van der Waals surface area (Å²) in [6.45, 7) is 3.23. The Kier molecular flexibility index (Phi) is 5.07. The van der Waals surface area contributed by atoms with E-state index in [0.29, 0.717) is 0 Å². The van der Waals surface area contributed by atoms with E-state index in [1.54, 1.807) is 7.11 Å². The fraction of sp³-hybridized carbons (Fsp3) is 1.00. The normalized spacial score (nSPS) is 34.7. The molecule has 3 atom stereocenters. The summed E-state index contributed by atoms with van der Waals surface area (Å²) in [5, 5.41) is 7.39. The summed E-state index contributed by atoms with van der Waals surface area (Å²) in [5.41, 5.74) is 0. The molecule has 1 saturated carbocycles. The van der Waals surface area contributed by atoms with Gasteiger partial charge in [-0.3, -0.25) is 0 Å². The third-order valence-corrected chi connectivity index (χ3v) is 4.12. The molecule has 1 aliphatic heterocycles. The summed E-state index contributed by atoms with van der Waals surface area (Å²) >= 11 is 0. The van der Waals surface area contributed by atoms with Crippen LogP contribution in [0, 0.1) is 5.92 Å². The van der Waals surface area contributed by atoms with Crippen LogP contribution in [0.4, 0.5) is 0 Å². The Balaban J connectivity index is 1.70. The van der Waals surface area contributed by atoms with E-state index in [1.807, 2.05) is 0 Å². The van der Waals surface area contributed by atoms with Crippen molar-refractivity contribution in [3.63, 3.8) is 0 Å². The molecule has 1 aliphatic carbocycles. The van der Waals surface area contributed by atoms with Gasteiger partial charge in [0.25, 0.3) is 0 Å². The van der Waals surface area contributed by atoms with Crippen LogP contribution < -0.4 is 10.6 Å². The molecule has 2 rings (SSSR count). The molecule has 0 aromatic rings. The number of ether oxygens (including phenoxy) is 1. The highest BCUT2D eigenvalue weighted by molar-refractivity contribution is 4.93. The molecular weight excluding hydrogens is 200 g/mol. The number of hydrogen-bond donors (Lipinski definition) is 2. The van der Waals surface area contributed by atoms with Crippen molar-refractivity contribution in [1.82, 2.24) is 10.6 Å². The third-order valence-electron chi connectivity index (χ3n) is 4.12. The van der Waals surface area contributed by atoms with Crippen molar-refractivity contribution in [3.05, 3.63) is 0 Å². The zero-order valence-corrected chi connectivity index (χ0v) is 10.5. The lowest BCUT2D eigenvalue weighted by molar-refractivity contribution is 0.191. The molecular formula is C13H26N2O. The molecule has 2 aliphatic rings. The van der Waals surface area contributed by atoms with Crippen LogP contribution in [0.5, 0.6) is 0 Å². The Morgan fingerprint density at radius 3 is 2.94 bits per heavy atom. The van der Waals surface area contributed by atoms with Crippen molar-refractivity contribution in [1.29, 1.82) is 0 Å². The van der Waals surface area contributed by atoms with Crippen molar-refractivity contribution in [2.45, 2.75) is 50.6 Å². The smallest absolute Gasteiger partial charge is 0.0474 e. The maximum atomic E-state index is 5.08. The van der Waals surface area contributed by atoms with Gasteiger partial charge >= 0.3 is 0 Å².